The van der Waals surface area contributed by atoms with E-state index in [9.17, 15) is 4.79 Å². The lowest BCUT2D eigenvalue weighted by Crippen LogP contribution is -2.22. The molecule has 0 saturated carbocycles. The Morgan fingerprint density at radius 3 is 2.37 bits per heavy atom. The zero-order valence-corrected chi connectivity index (χ0v) is 24.8. The van der Waals surface area contributed by atoms with Crippen molar-refractivity contribution in [1.29, 1.82) is 0 Å². The van der Waals surface area contributed by atoms with Gasteiger partial charge in [0.25, 0.3) is 5.56 Å². The maximum absolute atomic E-state index is 13.2. The third-order valence-electron chi connectivity index (χ3n) is 6.46. The van der Waals surface area contributed by atoms with Crippen molar-refractivity contribution >= 4 is 45.0 Å². The molecule has 0 N–H and O–H groups in total. The number of imidazole rings is 1. The van der Waals surface area contributed by atoms with Gasteiger partial charge in [0.1, 0.15) is 24.7 Å². The van der Waals surface area contributed by atoms with Gasteiger partial charge in [-0.1, -0.05) is 61.3 Å². The summed E-state index contributed by atoms with van der Waals surface area (Å²) in [5.74, 6) is 2.52. The van der Waals surface area contributed by atoms with Crippen LogP contribution in [0.4, 0.5) is 0 Å². The lowest BCUT2D eigenvalue weighted by Gasteiger charge is -2.15. The van der Waals surface area contributed by atoms with E-state index < -0.39 is 0 Å². The Bertz CT molecular complexity index is 1710. The van der Waals surface area contributed by atoms with E-state index >= 15 is 0 Å². The molecule has 0 saturated heterocycles. The summed E-state index contributed by atoms with van der Waals surface area (Å²) in [5.41, 5.74) is 2.22. The average molecular weight is 593 g/mol. The normalized spacial score (nSPS) is 11.8. The van der Waals surface area contributed by atoms with Gasteiger partial charge in [0.2, 0.25) is 0 Å². The number of benzene rings is 3. The van der Waals surface area contributed by atoms with Gasteiger partial charge >= 0.3 is 0 Å². The Hall–Kier alpha value is -3.75. The van der Waals surface area contributed by atoms with Crippen LogP contribution in [0.25, 0.3) is 22.1 Å². The molecule has 0 aliphatic carbocycles. The highest BCUT2D eigenvalue weighted by Gasteiger charge is 2.14. The van der Waals surface area contributed by atoms with Crippen molar-refractivity contribution in [2.45, 2.75) is 39.5 Å². The first-order valence-electron chi connectivity index (χ1n) is 13.9. The maximum atomic E-state index is 13.2. The van der Waals surface area contributed by atoms with E-state index in [2.05, 4.69) is 11.9 Å². The average Bonchev–Trinajstić information content (AvgIpc) is 3.48. The van der Waals surface area contributed by atoms with Gasteiger partial charge in [0.15, 0.2) is 16.5 Å². The molecule has 5 rings (SSSR count). The minimum atomic E-state index is -0.114. The van der Waals surface area contributed by atoms with E-state index in [1.807, 2.05) is 61.5 Å². The standard InChI is InChI=1S/C32H33ClN2O5S/c1-3-5-6-9-16-38-23-12-14-24(15-13-23)39-17-18-40-30-25(33)19-22(20-28(30)37-4-2)21-29-31(36)35-27-11-8-7-10-26(27)34-32(35)41-29/h7-8,10-15,19-21H,3-6,9,16-18H2,1-2H3/b29-21-. The zero-order chi connectivity index (χ0) is 28.6. The molecule has 214 valence electrons. The molecule has 0 amide bonds. The molecule has 5 aromatic rings. The molecule has 2 aromatic heterocycles. The van der Waals surface area contributed by atoms with Crippen molar-refractivity contribution in [3.05, 3.63) is 86.1 Å². The van der Waals surface area contributed by atoms with Crippen LogP contribution >= 0.6 is 22.9 Å². The summed E-state index contributed by atoms with van der Waals surface area (Å²) >= 11 is 7.96. The fourth-order valence-corrected chi connectivity index (χ4v) is 5.75. The second-order valence-corrected chi connectivity index (χ2v) is 10.9. The Morgan fingerprint density at radius 1 is 0.878 bits per heavy atom. The molecular formula is C32H33ClN2O5S. The van der Waals surface area contributed by atoms with Crippen LogP contribution in [0.1, 0.15) is 45.1 Å². The number of unbranched alkanes of at least 4 members (excludes halogenated alkanes) is 3. The van der Waals surface area contributed by atoms with Crippen molar-refractivity contribution in [1.82, 2.24) is 9.38 Å². The summed E-state index contributed by atoms with van der Waals surface area (Å²) < 4.78 is 25.6. The molecule has 41 heavy (non-hydrogen) atoms. The third-order valence-corrected chi connectivity index (χ3v) is 7.71. The van der Waals surface area contributed by atoms with Gasteiger partial charge < -0.3 is 18.9 Å². The highest BCUT2D eigenvalue weighted by molar-refractivity contribution is 7.15. The fraction of sp³-hybridized carbons (Fsp3) is 0.312. The van der Waals surface area contributed by atoms with Gasteiger partial charge in [-0.15, -0.1) is 0 Å². The SMILES string of the molecule is CCCCCCOc1ccc(OCCOc2c(Cl)cc(/C=c3\sc4nc5ccccc5n4c3=O)cc2OCC)cc1. The minimum Gasteiger partial charge on any atom is -0.494 e. The number of thiazole rings is 1. The zero-order valence-electron chi connectivity index (χ0n) is 23.2. The van der Waals surface area contributed by atoms with Crippen molar-refractivity contribution in [2.24, 2.45) is 0 Å². The van der Waals surface area contributed by atoms with Crippen LogP contribution in [0, 0.1) is 0 Å². The van der Waals surface area contributed by atoms with Crippen LogP contribution in [0.5, 0.6) is 23.0 Å². The molecule has 0 spiro atoms. The van der Waals surface area contributed by atoms with E-state index in [0.29, 0.717) is 39.2 Å². The van der Waals surface area contributed by atoms with Gasteiger partial charge in [-0.2, -0.15) is 0 Å². The smallest absolute Gasteiger partial charge is 0.274 e. The molecule has 0 aliphatic rings. The molecule has 3 aromatic carbocycles. The van der Waals surface area contributed by atoms with E-state index in [4.69, 9.17) is 30.5 Å². The predicted molar refractivity (Wildman–Crippen MR) is 165 cm³/mol. The van der Waals surface area contributed by atoms with Gasteiger partial charge in [-0.05, 0) is 73.5 Å². The Morgan fingerprint density at radius 2 is 1.61 bits per heavy atom. The number of aromatic nitrogens is 2. The summed E-state index contributed by atoms with van der Waals surface area (Å²) in [6.45, 7) is 5.86. The molecule has 0 unspecified atom stereocenters. The summed E-state index contributed by atoms with van der Waals surface area (Å²) in [7, 11) is 0. The molecule has 0 bridgehead atoms. The van der Waals surface area contributed by atoms with Crippen LogP contribution in [0.2, 0.25) is 5.02 Å². The molecule has 0 aliphatic heterocycles. The number of rotatable bonds is 14. The van der Waals surface area contributed by atoms with Crippen molar-refractivity contribution in [2.75, 3.05) is 26.4 Å². The first-order chi connectivity index (χ1) is 20.1. The lowest BCUT2D eigenvalue weighted by molar-refractivity contribution is 0.208. The molecule has 9 heteroatoms. The second-order valence-electron chi connectivity index (χ2n) is 9.47. The maximum Gasteiger partial charge on any atom is 0.274 e. The number of para-hydroxylation sites is 2. The Labute approximate surface area is 247 Å². The molecule has 0 radical (unpaired) electrons. The first kappa shape index (κ1) is 28.8. The highest BCUT2D eigenvalue weighted by atomic mass is 35.5. The molecular weight excluding hydrogens is 560 g/mol. The summed E-state index contributed by atoms with van der Waals surface area (Å²) in [4.78, 5) is 18.4. The van der Waals surface area contributed by atoms with Crippen LogP contribution < -0.4 is 29.0 Å². The summed E-state index contributed by atoms with van der Waals surface area (Å²) in [5, 5.41) is 0.391. The first-order valence-corrected chi connectivity index (χ1v) is 15.1. The molecule has 0 fully saturated rings. The lowest BCUT2D eigenvalue weighted by atomic mass is 10.2. The van der Waals surface area contributed by atoms with Gasteiger partial charge in [-0.25, -0.2) is 9.38 Å². The molecule has 7 nitrogen and oxygen atoms in total. The van der Waals surface area contributed by atoms with Crippen molar-refractivity contribution in [3.63, 3.8) is 0 Å². The van der Waals surface area contributed by atoms with Crippen LogP contribution in [-0.2, 0) is 0 Å². The number of hydrogen-bond donors (Lipinski definition) is 0. The number of halogens is 1. The van der Waals surface area contributed by atoms with E-state index in [1.165, 1.54) is 30.6 Å². The Balaban J connectivity index is 1.23. The van der Waals surface area contributed by atoms with Gasteiger partial charge in [0, 0.05) is 0 Å². The number of nitrogens with zero attached hydrogens (tertiary/aromatic N) is 2. The molecule has 0 atom stereocenters. The third kappa shape index (κ3) is 6.94. The summed E-state index contributed by atoms with van der Waals surface area (Å²) in [6, 6.07) is 18.8. The topological polar surface area (TPSA) is 71.3 Å². The van der Waals surface area contributed by atoms with Gasteiger partial charge in [0.05, 0.1) is 33.8 Å². The predicted octanol–water partition coefficient (Wildman–Crippen LogP) is 6.93. The van der Waals surface area contributed by atoms with Crippen LogP contribution in [-0.4, -0.2) is 35.8 Å². The van der Waals surface area contributed by atoms with Gasteiger partial charge in [-0.3, -0.25) is 4.79 Å². The second kappa shape index (κ2) is 13.7. The van der Waals surface area contributed by atoms with E-state index in [-0.39, 0.29) is 12.2 Å². The number of fused-ring (bicyclic) bond motifs is 3. The largest absolute Gasteiger partial charge is 0.494 e. The van der Waals surface area contributed by atoms with Crippen molar-refractivity contribution in [3.8, 4) is 23.0 Å². The number of ether oxygens (including phenoxy) is 4. The molecule has 2 heterocycles. The monoisotopic (exact) mass is 592 g/mol. The minimum absolute atomic E-state index is 0.114. The van der Waals surface area contributed by atoms with E-state index in [0.717, 1.165) is 41.1 Å². The Kier molecular flexibility index (Phi) is 9.64. The van der Waals surface area contributed by atoms with Crippen LogP contribution in [0.15, 0.2) is 65.5 Å². The van der Waals surface area contributed by atoms with Crippen LogP contribution in [0.3, 0.4) is 0 Å². The summed E-state index contributed by atoms with van der Waals surface area (Å²) in [6.07, 6.45) is 6.51. The number of hydrogen-bond acceptors (Lipinski definition) is 7. The highest BCUT2D eigenvalue weighted by Crippen LogP contribution is 2.37. The van der Waals surface area contributed by atoms with E-state index in [1.54, 1.807) is 16.5 Å². The quantitative estimate of drug-likeness (QED) is 0.130. The van der Waals surface area contributed by atoms with Crippen molar-refractivity contribution < 1.29 is 18.9 Å². The fourth-order valence-electron chi connectivity index (χ4n) is 4.49.